The van der Waals surface area contributed by atoms with Gasteiger partial charge in [0.1, 0.15) is 0 Å². The van der Waals surface area contributed by atoms with Gasteiger partial charge in [0.2, 0.25) is 0 Å². The molecule has 2 aromatic carbocycles. The molecular formula is C36H59N. The Balaban J connectivity index is 2.00. The van der Waals surface area contributed by atoms with E-state index in [1.165, 1.54) is 163 Å². The molecule has 0 spiro atoms. The molecule has 37 heavy (non-hydrogen) atoms. The summed E-state index contributed by atoms with van der Waals surface area (Å²) in [7, 11) is 0. The number of anilines is 2. The fraction of sp³-hybridized carbons (Fsp3) is 0.667. The molecule has 1 N–H and O–H groups in total. The van der Waals surface area contributed by atoms with Gasteiger partial charge < -0.3 is 5.32 Å². The number of unbranched alkanes of at least 4 members (excludes halogenated alkanes) is 15. The number of hydrogen-bond acceptors (Lipinski definition) is 1. The SMILES string of the molecule is CCCCCCCCc1ccc(Nc2ccccc2CCCCCCCC)c(CCCCCCCC)c1. The molecule has 0 aromatic heterocycles. The first-order valence-electron chi connectivity index (χ1n) is 16.2. The summed E-state index contributed by atoms with van der Waals surface area (Å²) in [6.45, 7) is 6.90. The van der Waals surface area contributed by atoms with Crippen LogP contribution >= 0.6 is 0 Å². The zero-order chi connectivity index (χ0) is 26.4. The Morgan fingerprint density at radius 1 is 0.432 bits per heavy atom. The van der Waals surface area contributed by atoms with Gasteiger partial charge in [-0.3, -0.25) is 0 Å². The van der Waals surface area contributed by atoms with E-state index in [-0.39, 0.29) is 0 Å². The van der Waals surface area contributed by atoms with E-state index >= 15 is 0 Å². The normalized spacial score (nSPS) is 11.2. The van der Waals surface area contributed by atoms with Crippen molar-refractivity contribution in [2.75, 3.05) is 5.32 Å². The molecule has 0 aliphatic rings. The van der Waals surface area contributed by atoms with Crippen LogP contribution in [0.15, 0.2) is 42.5 Å². The van der Waals surface area contributed by atoms with Crippen LogP contribution in [0.3, 0.4) is 0 Å². The fourth-order valence-electron chi connectivity index (χ4n) is 5.44. The highest BCUT2D eigenvalue weighted by Gasteiger charge is 2.08. The van der Waals surface area contributed by atoms with Gasteiger partial charge in [-0.15, -0.1) is 0 Å². The molecule has 0 saturated heterocycles. The molecule has 0 saturated carbocycles. The van der Waals surface area contributed by atoms with Crippen molar-refractivity contribution in [1.29, 1.82) is 0 Å². The Hall–Kier alpha value is -1.76. The van der Waals surface area contributed by atoms with Crippen molar-refractivity contribution < 1.29 is 0 Å². The minimum Gasteiger partial charge on any atom is -0.355 e. The van der Waals surface area contributed by atoms with Crippen LogP contribution in [0.2, 0.25) is 0 Å². The highest BCUT2D eigenvalue weighted by atomic mass is 14.9. The van der Waals surface area contributed by atoms with Crippen molar-refractivity contribution >= 4 is 11.4 Å². The van der Waals surface area contributed by atoms with E-state index in [0.717, 1.165) is 0 Å². The highest BCUT2D eigenvalue weighted by Crippen LogP contribution is 2.28. The molecule has 0 amide bonds. The van der Waals surface area contributed by atoms with Gasteiger partial charge in [-0.05, 0) is 67.3 Å². The van der Waals surface area contributed by atoms with Crippen LogP contribution in [0.1, 0.15) is 153 Å². The first-order chi connectivity index (χ1) is 18.3. The molecule has 2 rings (SSSR count). The summed E-state index contributed by atoms with van der Waals surface area (Å²) in [5.41, 5.74) is 7.16. The van der Waals surface area contributed by atoms with E-state index in [1.807, 2.05) is 0 Å². The summed E-state index contributed by atoms with van der Waals surface area (Å²) in [6.07, 6.45) is 28.1. The summed E-state index contributed by atoms with van der Waals surface area (Å²) in [5.74, 6) is 0. The molecule has 0 heterocycles. The van der Waals surface area contributed by atoms with Gasteiger partial charge >= 0.3 is 0 Å². The molecule has 0 bridgehead atoms. The number of para-hydroxylation sites is 1. The predicted octanol–water partition coefficient (Wildman–Crippen LogP) is 12.1. The molecule has 0 aliphatic heterocycles. The van der Waals surface area contributed by atoms with Gasteiger partial charge in [0, 0.05) is 11.4 Å². The Morgan fingerprint density at radius 3 is 1.49 bits per heavy atom. The largest absolute Gasteiger partial charge is 0.355 e. The molecular weight excluding hydrogens is 446 g/mol. The summed E-state index contributed by atoms with van der Waals surface area (Å²) in [5, 5.41) is 3.88. The highest BCUT2D eigenvalue weighted by molar-refractivity contribution is 5.66. The first-order valence-corrected chi connectivity index (χ1v) is 16.2. The molecule has 0 radical (unpaired) electrons. The van der Waals surface area contributed by atoms with Gasteiger partial charge in [0.25, 0.3) is 0 Å². The zero-order valence-electron chi connectivity index (χ0n) is 24.9. The summed E-state index contributed by atoms with van der Waals surface area (Å²) >= 11 is 0. The summed E-state index contributed by atoms with van der Waals surface area (Å²) in [6, 6.07) is 16.3. The van der Waals surface area contributed by atoms with Crippen molar-refractivity contribution in [3.8, 4) is 0 Å². The number of benzene rings is 2. The van der Waals surface area contributed by atoms with Crippen LogP contribution < -0.4 is 5.32 Å². The van der Waals surface area contributed by atoms with Gasteiger partial charge in [-0.25, -0.2) is 0 Å². The molecule has 0 fully saturated rings. The molecule has 2 aromatic rings. The number of aryl methyl sites for hydroxylation is 3. The molecule has 0 aliphatic carbocycles. The van der Waals surface area contributed by atoms with E-state index in [2.05, 4.69) is 68.6 Å². The zero-order valence-corrected chi connectivity index (χ0v) is 24.9. The third-order valence-corrected chi connectivity index (χ3v) is 7.87. The number of rotatable bonds is 23. The van der Waals surface area contributed by atoms with Crippen LogP contribution in [0.4, 0.5) is 11.4 Å². The van der Waals surface area contributed by atoms with Crippen molar-refractivity contribution in [3.05, 3.63) is 59.2 Å². The third kappa shape index (κ3) is 14.1. The first kappa shape index (κ1) is 31.5. The Bertz CT molecular complexity index is 808. The number of hydrogen-bond donors (Lipinski definition) is 1. The smallest absolute Gasteiger partial charge is 0.0417 e. The Kier molecular flexibility index (Phi) is 18.0. The summed E-state index contributed by atoms with van der Waals surface area (Å²) < 4.78 is 0. The molecule has 208 valence electrons. The van der Waals surface area contributed by atoms with Gasteiger partial charge in [0.15, 0.2) is 0 Å². The average molecular weight is 506 g/mol. The van der Waals surface area contributed by atoms with Crippen molar-refractivity contribution in [2.24, 2.45) is 0 Å². The Labute approximate surface area is 231 Å². The average Bonchev–Trinajstić information content (AvgIpc) is 2.92. The lowest BCUT2D eigenvalue weighted by Crippen LogP contribution is -2.01. The maximum Gasteiger partial charge on any atom is 0.0417 e. The lowest BCUT2D eigenvalue weighted by molar-refractivity contribution is 0.605. The maximum absolute atomic E-state index is 3.88. The minimum absolute atomic E-state index is 1.18. The van der Waals surface area contributed by atoms with E-state index in [9.17, 15) is 0 Å². The van der Waals surface area contributed by atoms with E-state index in [0.29, 0.717) is 0 Å². The van der Waals surface area contributed by atoms with Crippen LogP contribution in [-0.2, 0) is 19.3 Å². The molecule has 1 nitrogen and oxygen atoms in total. The second-order valence-corrected chi connectivity index (χ2v) is 11.3. The van der Waals surface area contributed by atoms with Crippen molar-refractivity contribution in [1.82, 2.24) is 0 Å². The van der Waals surface area contributed by atoms with Gasteiger partial charge in [-0.1, -0.05) is 147 Å². The topological polar surface area (TPSA) is 12.0 Å². The standard InChI is InChI=1S/C36H59N/c1-4-7-10-13-16-19-24-32-29-30-36(34(31-32)27-21-18-15-12-9-6-3)37-35-28-23-22-26-33(35)25-20-17-14-11-8-5-2/h22-23,26,28-31,37H,4-21,24-25,27H2,1-3H3. The quantitative estimate of drug-likeness (QED) is 0.148. The van der Waals surface area contributed by atoms with Crippen molar-refractivity contribution in [3.63, 3.8) is 0 Å². The number of nitrogens with one attached hydrogen (secondary N) is 1. The second kappa shape index (κ2) is 21.2. The minimum atomic E-state index is 1.18. The van der Waals surface area contributed by atoms with Crippen LogP contribution in [0.25, 0.3) is 0 Å². The van der Waals surface area contributed by atoms with E-state index in [4.69, 9.17) is 0 Å². The van der Waals surface area contributed by atoms with E-state index < -0.39 is 0 Å². The van der Waals surface area contributed by atoms with Gasteiger partial charge in [0.05, 0.1) is 0 Å². The van der Waals surface area contributed by atoms with Crippen LogP contribution in [-0.4, -0.2) is 0 Å². The third-order valence-electron chi connectivity index (χ3n) is 7.87. The fourth-order valence-corrected chi connectivity index (χ4v) is 5.44. The predicted molar refractivity (Wildman–Crippen MR) is 167 cm³/mol. The van der Waals surface area contributed by atoms with E-state index in [1.54, 1.807) is 0 Å². The van der Waals surface area contributed by atoms with Crippen molar-refractivity contribution in [2.45, 2.75) is 156 Å². The lowest BCUT2D eigenvalue weighted by atomic mass is 9.98. The van der Waals surface area contributed by atoms with Crippen LogP contribution in [0.5, 0.6) is 0 Å². The Morgan fingerprint density at radius 2 is 0.892 bits per heavy atom. The maximum atomic E-state index is 3.88. The monoisotopic (exact) mass is 505 g/mol. The molecule has 0 unspecified atom stereocenters. The van der Waals surface area contributed by atoms with Gasteiger partial charge in [-0.2, -0.15) is 0 Å². The molecule has 0 atom stereocenters. The van der Waals surface area contributed by atoms with Crippen LogP contribution in [0, 0.1) is 0 Å². The summed E-state index contributed by atoms with van der Waals surface area (Å²) in [4.78, 5) is 0. The second-order valence-electron chi connectivity index (χ2n) is 11.3. The molecule has 1 heteroatoms. The lowest BCUT2D eigenvalue weighted by Gasteiger charge is -2.17.